The summed E-state index contributed by atoms with van der Waals surface area (Å²) in [6, 6.07) is 0. The summed E-state index contributed by atoms with van der Waals surface area (Å²) < 4.78 is 0.0782. The largest absolute Gasteiger partial charge is 0.306 e. The lowest BCUT2D eigenvalue weighted by Crippen LogP contribution is -2.10. The molecule has 2 nitrogen and oxygen atoms in total. The van der Waals surface area contributed by atoms with Crippen LogP contribution in [0.5, 0.6) is 0 Å². The van der Waals surface area contributed by atoms with Gasteiger partial charge in [-0.3, -0.25) is 4.79 Å². The number of hydrogen-bond acceptors (Lipinski definition) is 2. The molecule has 0 rings (SSSR count). The van der Waals surface area contributed by atoms with Crippen molar-refractivity contribution in [2.75, 3.05) is 20.6 Å². The maximum atomic E-state index is 10.3. The highest BCUT2D eigenvalue weighted by Crippen LogP contribution is 1.87. The van der Waals surface area contributed by atoms with Gasteiger partial charge >= 0.3 is 0 Å². The van der Waals surface area contributed by atoms with Crippen molar-refractivity contribution in [1.82, 2.24) is 4.90 Å². The molecule has 0 saturated carbocycles. The molecule has 0 aliphatic carbocycles. The summed E-state index contributed by atoms with van der Waals surface area (Å²) in [7, 11) is 3.92. The molecule has 0 spiro atoms. The fraction of sp³-hybridized carbons (Fsp3) is 0.500. The van der Waals surface area contributed by atoms with Crippen LogP contribution in [-0.2, 0) is 4.79 Å². The van der Waals surface area contributed by atoms with E-state index in [0.717, 1.165) is 6.54 Å². The van der Waals surface area contributed by atoms with Crippen molar-refractivity contribution in [2.24, 2.45) is 0 Å². The van der Waals surface area contributed by atoms with Gasteiger partial charge in [0, 0.05) is 29.1 Å². The normalized spacial score (nSPS) is 11.1. The number of hydrogen-bond donors (Lipinski definition) is 0. The van der Waals surface area contributed by atoms with Gasteiger partial charge in [0.2, 0.25) is 3.79 Å². The summed E-state index contributed by atoms with van der Waals surface area (Å²) in [5.74, 6) is 0. The maximum Gasteiger partial charge on any atom is 0.214 e. The number of likely N-dealkylation sites (N-methyl/N-ethyl adjacent to an activating group) is 1. The Morgan fingerprint density at radius 3 is 2.56 bits per heavy atom. The number of halogens is 1. The molecule has 0 heterocycles. The Bertz CT molecular complexity index is 120. The van der Waals surface area contributed by atoms with Crippen LogP contribution in [0.1, 0.15) is 0 Å². The minimum atomic E-state index is 0.0782. The molecule has 3 heteroatoms. The van der Waals surface area contributed by atoms with E-state index in [1.807, 2.05) is 25.1 Å². The van der Waals surface area contributed by atoms with Crippen molar-refractivity contribution in [3.63, 3.8) is 0 Å². The molecule has 0 unspecified atom stereocenters. The van der Waals surface area contributed by atoms with Gasteiger partial charge in [0.1, 0.15) is 0 Å². The summed E-state index contributed by atoms with van der Waals surface area (Å²) in [4.78, 5) is 12.3. The fourth-order valence-electron chi connectivity index (χ4n) is 0.356. The van der Waals surface area contributed by atoms with E-state index in [1.54, 1.807) is 28.7 Å². The molecular weight excluding hydrogens is 229 g/mol. The SMILES string of the molecule is CN(C)C/C=C/C(=O)I. The van der Waals surface area contributed by atoms with Crippen molar-refractivity contribution in [2.45, 2.75) is 0 Å². The van der Waals surface area contributed by atoms with Gasteiger partial charge in [-0.25, -0.2) is 0 Å². The third-order valence-corrected chi connectivity index (χ3v) is 1.08. The van der Waals surface area contributed by atoms with Crippen LogP contribution in [0.3, 0.4) is 0 Å². The molecular formula is C6H10INO. The van der Waals surface area contributed by atoms with E-state index in [0.29, 0.717) is 0 Å². The van der Waals surface area contributed by atoms with Gasteiger partial charge in [0.15, 0.2) is 0 Å². The van der Waals surface area contributed by atoms with E-state index in [2.05, 4.69) is 0 Å². The molecule has 0 saturated heterocycles. The van der Waals surface area contributed by atoms with Crippen molar-refractivity contribution in [3.05, 3.63) is 12.2 Å². The fourth-order valence-corrected chi connectivity index (χ4v) is 0.610. The Hall–Kier alpha value is 0.1000. The number of carbonyl (C=O) groups excluding carboxylic acids is 1. The first-order valence-electron chi connectivity index (χ1n) is 2.63. The molecule has 0 radical (unpaired) electrons. The van der Waals surface area contributed by atoms with E-state index < -0.39 is 0 Å². The quantitative estimate of drug-likeness (QED) is 0.417. The summed E-state index contributed by atoms with van der Waals surface area (Å²) in [6.45, 7) is 0.828. The Kier molecular flexibility index (Phi) is 4.99. The first kappa shape index (κ1) is 9.10. The van der Waals surface area contributed by atoms with Crippen molar-refractivity contribution in [1.29, 1.82) is 0 Å². The molecule has 0 aliphatic heterocycles. The van der Waals surface area contributed by atoms with Crippen LogP contribution in [0.15, 0.2) is 12.2 Å². The maximum absolute atomic E-state index is 10.3. The lowest BCUT2D eigenvalue weighted by atomic mass is 10.5. The lowest BCUT2D eigenvalue weighted by Gasteiger charge is -2.02. The Balaban J connectivity index is 3.36. The van der Waals surface area contributed by atoms with Gasteiger partial charge in [0.25, 0.3) is 0 Å². The topological polar surface area (TPSA) is 20.3 Å². The monoisotopic (exact) mass is 239 g/mol. The second-order valence-corrected chi connectivity index (χ2v) is 3.03. The second-order valence-electron chi connectivity index (χ2n) is 1.97. The number of rotatable bonds is 3. The van der Waals surface area contributed by atoms with E-state index >= 15 is 0 Å². The van der Waals surface area contributed by atoms with Gasteiger partial charge in [0.05, 0.1) is 0 Å². The van der Waals surface area contributed by atoms with Crippen LogP contribution >= 0.6 is 22.6 Å². The van der Waals surface area contributed by atoms with Gasteiger partial charge in [-0.2, -0.15) is 0 Å². The number of allylic oxidation sites excluding steroid dienone is 1. The van der Waals surface area contributed by atoms with Crippen LogP contribution in [0.2, 0.25) is 0 Å². The highest BCUT2D eigenvalue weighted by molar-refractivity contribution is 14.1. The molecule has 0 aliphatic rings. The third kappa shape index (κ3) is 8.10. The molecule has 0 aromatic rings. The van der Waals surface area contributed by atoms with Crippen molar-refractivity contribution in [3.8, 4) is 0 Å². The zero-order valence-corrected chi connectivity index (χ0v) is 7.75. The average molecular weight is 239 g/mol. The van der Waals surface area contributed by atoms with E-state index in [-0.39, 0.29) is 3.79 Å². The zero-order chi connectivity index (χ0) is 7.28. The summed E-state index contributed by atoms with van der Waals surface area (Å²) >= 11 is 1.74. The summed E-state index contributed by atoms with van der Waals surface area (Å²) in [6.07, 6.45) is 3.41. The third-order valence-electron chi connectivity index (χ3n) is 0.719. The van der Waals surface area contributed by atoms with Crippen LogP contribution in [0.4, 0.5) is 0 Å². The Labute approximate surface area is 69.1 Å². The molecule has 9 heavy (non-hydrogen) atoms. The van der Waals surface area contributed by atoms with Gasteiger partial charge < -0.3 is 4.90 Å². The molecule has 0 aromatic heterocycles. The molecule has 0 aromatic carbocycles. The van der Waals surface area contributed by atoms with Crippen LogP contribution in [0, 0.1) is 0 Å². The highest BCUT2D eigenvalue weighted by atomic mass is 127. The van der Waals surface area contributed by atoms with E-state index in [9.17, 15) is 4.79 Å². The first-order valence-corrected chi connectivity index (χ1v) is 3.71. The number of carbonyl (C=O) groups is 1. The molecule has 52 valence electrons. The highest BCUT2D eigenvalue weighted by Gasteiger charge is 1.84. The zero-order valence-electron chi connectivity index (χ0n) is 5.60. The molecule has 0 N–H and O–H groups in total. The average Bonchev–Trinajstić information content (AvgIpc) is 1.63. The molecule has 0 atom stereocenters. The van der Waals surface area contributed by atoms with Gasteiger partial charge in [-0.15, -0.1) is 0 Å². The van der Waals surface area contributed by atoms with E-state index in [1.165, 1.54) is 0 Å². The van der Waals surface area contributed by atoms with Crippen molar-refractivity contribution < 1.29 is 4.79 Å². The predicted octanol–water partition coefficient (Wildman–Crippen LogP) is 1.07. The van der Waals surface area contributed by atoms with Crippen LogP contribution < -0.4 is 0 Å². The number of nitrogens with zero attached hydrogens (tertiary/aromatic N) is 1. The predicted molar refractivity (Wildman–Crippen MR) is 46.7 cm³/mol. The van der Waals surface area contributed by atoms with Crippen LogP contribution in [0.25, 0.3) is 0 Å². The second kappa shape index (κ2) is 4.93. The molecule has 0 amide bonds. The van der Waals surface area contributed by atoms with E-state index in [4.69, 9.17) is 0 Å². The smallest absolute Gasteiger partial charge is 0.214 e. The van der Waals surface area contributed by atoms with Gasteiger partial charge in [-0.05, 0) is 20.2 Å². The van der Waals surface area contributed by atoms with Gasteiger partial charge in [-0.1, -0.05) is 6.08 Å². The first-order chi connectivity index (χ1) is 4.13. The molecule has 0 bridgehead atoms. The summed E-state index contributed by atoms with van der Waals surface area (Å²) in [5, 5.41) is 0. The Morgan fingerprint density at radius 1 is 1.67 bits per heavy atom. The standard InChI is InChI=1S/C6H10INO/c1-8(2)5-3-4-6(7)9/h3-4H,5H2,1-2H3/b4-3+. The van der Waals surface area contributed by atoms with Crippen molar-refractivity contribution >= 4 is 26.4 Å². The minimum absolute atomic E-state index is 0.0782. The van der Waals surface area contributed by atoms with Crippen LogP contribution in [-0.4, -0.2) is 29.3 Å². The summed E-state index contributed by atoms with van der Waals surface area (Å²) in [5.41, 5.74) is 0. The molecule has 0 fully saturated rings. The lowest BCUT2D eigenvalue weighted by molar-refractivity contribution is -0.105. The Morgan fingerprint density at radius 2 is 2.22 bits per heavy atom. The minimum Gasteiger partial charge on any atom is -0.306 e.